The third-order valence-corrected chi connectivity index (χ3v) is 3.66. The predicted octanol–water partition coefficient (Wildman–Crippen LogP) is 2.47. The van der Waals surface area contributed by atoms with Gasteiger partial charge in [0.05, 0.1) is 25.9 Å². The van der Waals surface area contributed by atoms with E-state index in [-0.39, 0.29) is 0 Å². The maximum Gasteiger partial charge on any atom is 0.129 e. The molecule has 0 spiro atoms. The van der Waals surface area contributed by atoms with Crippen molar-refractivity contribution in [1.29, 1.82) is 0 Å². The molecule has 0 bridgehead atoms. The zero-order valence-electron chi connectivity index (χ0n) is 9.61. The molecule has 0 amide bonds. The Balaban J connectivity index is 2.25. The van der Waals surface area contributed by atoms with Crippen LogP contribution in [-0.4, -0.2) is 43.3 Å². The first kappa shape index (κ1) is 12.8. The highest BCUT2D eigenvalue weighted by molar-refractivity contribution is 9.10. The van der Waals surface area contributed by atoms with E-state index in [0.29, 0.717) is 0 Å². The highest BCUT2D eigenvalue weighted by atomic mass is 79.9. The maximum atomic E-state index is 5.52. The number of morpholine rings is 1. The average Bonchev–Trinajstić information content (AvgIpc) is 2.39. The molecule has 1 saturated heterocycles. The van der Waals surface area contributed by atoms with Crippen LogP contribution in [-0.2, 0) is 4.74 Å². The molecule has 1 aromatic carbocycles. The average molecular weight is 316 g/mol. The monoisotopic (exact) mass is 315 g/mol. The van der Waals surface area contributed by atoms with Crippen LogP contribution in [0.3, 0.4) is 0 Å². The van der Waals surface area contributed by atoms with E-state index in [4.69, 9.17) is 21.7 Å². The zero-order valence-corrected chi connectivity index (χ0v) is 12.0. The van der Waals surface area contributed by atoms with Crippen molar-refractivity contribution in [2.45, 2.75) is 0 Å². The van der Waals surface area contributed by atoms with E-state index in [9.17, 15) is 0 Å². The Morgan fingerprint density at radius 2 is 2.12 bits per heavy atom. The van der Waals surface area contributed by atoms with E-state index >= 15 is 0 Å². The molecular weight excluding hydrogens is 302 g/mol. The molecule has 1 aliphatic rings. The summed E-state index contributed by atoms with van der Waals surface area (Å²) >= 11 is 8.98. The molecule has 0 radical (unpaired) electrons. The fourth-order valence-electron chi connectivity index (χ4n) is 1.78. The fourth-order valence-corrected chi connectivity index (χ4v) is 2.49. The quantitative estimate of drug-likeness (QED) is 0.782. The third kappa shape index (κ3) is 2.97. The Kier molecular flexibility index (Phi) is 4.36. The van der Waals surface area contributed by atoms with Gasteiger partial charge in [-0.15, -0.1) is 0 Å². The van der Waals surface area contributed by atoms with Crippen molar-refractivity contribution in [1.82, 2.24) is 4.90 Å². The Labute approximate surface area is 115 Å². The SMILES string of the molecule is COc1ccc(Br)cc1C(=S)N1CCOCC1. The first-order chi connectivity index (χ1) is 8.22. The van der Waals surface area contributed by atoms with Gasteiger partial charge in [-0.2, -0.15) is 0 Å². The first-order valence-corrected chi connectivity index (χ1v) is 6.63. The van der Waals surface area contributed by atoms with Gasteiger partial charge in [0.25, 0.3) is 0 Å². The molecule has 1 fully saturated rings. The van der Waals surface area contributed by atoms with E-state index in [2.05, 4.69) is 20.8 Å². The standard InChI is InChI=1S/C12H14BrNO2S/c1-15-11-3-2-9(13)8-10(11)12(17)14-4-6-16-7-5-14/h2-3,8H,4-7H2,1H3. The second-order valence-corrected chi connectivity index (χ2v) is 5.05. The molecule has 0 N–H and O–H groups in total. The number of thiocarbonyl (C=S) groups is 1. The molecule has 3 nitrogen and oxygen atoms in total. The number of nitrogens with zero attached hydrogens (tertiary/aromatic N) is 1. The smallest absolute Gasteiger partial charge is 0.129 e. The minimum atomic E-state index is 0.733. The van der Waals surface area contributed by atoms with Gasteiger partial charge < -0.3 is 14.4 Å². The first-order valence-electron chi connectivity index (χ1n) is 5.43. The molecular formula is C12H14BrNO2S. The summed E-state index contributed by atoms with van der Waals surface area (Å²) in [5.41, 5.74) is 0.957. The van der Waals surface area contributed by atoms with Crippen LogP contribution in [0.2, 0.25) is 0 Å². The highest BCUT2D eigenvalue weighted by Gasteiger charge is 2.18. The van der Waals surface area contributed by atoms with Crippen molar-refractivity contribution in [3.8, 4) is 5.75 Å². The van der Waals surface area contributed by atoms with Crippen LogP contribution in [0.1, 0.15) is 5.56 Å². The lowest BCUT2D eigenvalue weighted by Gasteiger charge is -2.29. The van der Waals surface area contributed by atoms with Crippen molar-refractivity contribution in [3.05, 3.63) is 28.2 Å². The third-order valence-electron chi connectivity index (χ3n) is 2.69. The van der Waals surface area contributed by atoms with E-state index < -0.39 is 0 Å². The lowest BCUT2D eigenvalue weighted by atomic mass is 10.2. The second-order valence-electron chi connectivity index (χ2n) is 3.75. The number of hydrogen-bond acceptors (Lipinski definition) is 3. The van der Waals surface area contributed by atoms with Gasteiger partial charge in [0, 0.05) is 17.6 Å². The minimum Gasteiger partial charge on any atom is -0.496 e. The van der Waals surface area contributed by atoms with Crippen LogP contribution in [0.5, 0.6) is 5.75 Å². The predicted molar refractivity (Wildman–Crippen MR) is 74.8 cm³/mol. The number of rotatable bonds is 2. The summed E-state index contributed by atoms with van der Waals surface area (Å²) in [6.07, 6.45) is 0. The Morgan fingerprint density at radius 1 is 1.41 bits per heavy atom. The largest absolute Gasteiger partial charge is 0.496 e. The van der Waals surface area contributed by atoms with Crippen LogP contribution in [0.15, 0.2) is 22.7 Å². The Bertz CT molecular complexity index is 419. The number of methoxy groups -OCH3 is 1. The van der Waals surface area contributed by atoms with Crippen molar-refractivity contribution in [2.75, 3.05) is 33.4 Å². The number of hydrogen-bond donors (Lipinski definition) is 0. The number of benzene rings is 1. The van der Waals surface area contributed by atoms with Gasteiger partial charge in [-0.3, -0.25) is 0 Å². The molecule has 0 atom stereocenters. The molecule has 2 rings (SSSR count). The zero-order chi connectivity index (χ0) is 12.3. The van der Waals surface area contributed by atoms with Crippen molar-refractivity contribution < 1.29 is 9.47 Å². The Morgan fingerprint density at radius 3 is 2.76 bits per heavy atom. The normalized spacial score (nSPS) is 15.8. The van der Waals surface area contributed by atoms with Gasteiger partial charge in [0.1, 0.15) is 10.7 Å². The summed E-state index contributed by atoms with van der Waals surface area (Å²) in [5.74, 6) is 0.810. The van der Waals surface area contributed by atoms with Gasteiger partial charge in [-0.1, -0.05) is 28.1 Å². The van der Waals surface area contributed by atoms with Crippen LogP contribution in [0, 0.1) is 0 Å². The van der Waals surface area contributed by atoms with Crippen LogP contribution >= 0.6 is 28.1 Å². The lowest BCUT2D eigenvalue weighted by Crippen LogP contribution is -2.40. The maximum absolute atomic E-state index is 5.52. The van der Waals surface area contributed by atoms with Gasteiger partial charge in [0.2, 0.25) is 0 Å². The molecule has 0 aromatic heterocycles. The fraction of sp³-hybridized carbons (Fsp3) is 0.417. The van der Waals surface area contributed by atoms with Crippen molar-refractivity contribution >= 4 is 33.1 Å². The van der Waals surface area contributed by atoms with E-state index in [1.165, 1.54) is 0 Å². The molecule has 0 saturated carbocycles. The van der Waals surface area contributed by atoms with E-state index in [0.717, 1.165) is 47.1 Å². The van der Waals surface area contributed by atoms with Gasteiger partial charge in [-0.05, 0) is 18.2 Å². The molecule has 1 heterocycles. The minimum absolute atomic E-state index is 0.733. The summed E-state index contributed by atoms with van der Waals surface area (Å²) in [6.45, 7) is 3.15. The van der Waals surface area contributed by atoms with Gasteiger partial charge in [0.15, 0.2) is 0 Å². The van der Waals surface area contributed by atoms with Crippen molar-refractivity contribution in [3.63, 3.8) is 0 Å². The number of ether oxygens (including phenoxy) is 2. The molecule has 17 heavy (non-hydrogen) atoms. The van der Waals surface area contributed by atoms with Gasteiger partial charge in [-0.25, -0.2) is 0 Å². The summed E-state index contributed by atoms with van der Waals surface area (Å²) < 4.78 is 11.7. The topological polar surface area (TPSA) is 21.7 Å². The summed E-state index contributed by atoms with van der Waals surface area (Å²) in [7, 11) is 1.66. The highest BCUT2D eigenvalue weighted by Crippen LogP contribution is 2.25. The number of halogens is 1. The molecule has 0 aliphatic carbocycles. The molecule has 1 aliphatic heterocycles. The van der Waals surface area contributed by atoms with Gasteiger partial charge >= 0.3 is 0 Å². The van der Waals surface area contributed by atoms with Crippen LogP contribution in [0.4, 0.5) is 0 Å². The molecule has 0 unspecified atom stereocenters. The summed E-state index contributed by atoms with van der Waals surface area (Å²) in [4.78, 5) is 2.98. The molecule has 5 heteroatoms. The Hall–Kier alpha value is -0.650. The second kappa shape index (κ2) is 5.80. The van der Waals surface area contributed by atoms with Crippen LogP contribution in [0.25, 0.3) is 0 Å². The molecule has 1 aromatic rings. The van der Waals surface area contributed by atoms with E-state index in [1.807, 2.05) is 18.2 Å². The van der Waals surface area contributed by atoms with Crippen LogP contribution < -0.4 is 4.74 Å². The molecule has 92 valence electrons. The van der Waals surface area contributed by atoms with Crippen molar-refractivity contribution in [2.24, 2.45) is 0 Å². The lowest BCUT2D eigenvalue weighted by molar-refractivity contribution is 0.0692. The van der Waals surface area contributed by atoms with E-state index in [1.54, 1.807) is 7.11 Å². The summed E-state index contributed by atoms with van der Waals surface area (Å²) in [5, 5.41) is 0. The summed E-state index contributed by atoms with van der Waals surface area (Å²) in [6, 6.07) is 5.87.